The number of nitrogens with one attached hydrogen (secondary N) is 2. The highest BCUT2D eigenvalue weighted by molar-refractivity contribution is 7.92. The Hall–Kier alpha value is -2.39. The van der Waals surface area contributed by atoms with Crippen LogP contribution < -0.4 is 10.0 Å². The van der Waals surface area contributed by atoms with Crippen molar-refractivity contribution in [2.75, 3.05) is 21.5 Å². The van der Waals surface area contributed by atoms with Crippen molar-refractivity contribution in [3.63, 3.8) is 0 Å². The van der Waals surface area contributed by atoms with Crippen molar-refractivity contribution in [3.8, 4) is 0 Å². The minimum absolute atomic E-state index is 0.00704. The monoisotopic (exact) mass is 410 g/mol. The third-order valence-electron chi connectivity index (χ3n) is 3.74. The van der Waals surface area contributed by atoms with Gasteiger partial charge in [0.2, 0.25) is 10.0 Å². The molecule has 0 radical (unpaired) electrons. The Morgan fingerprint density at radius 2 is 1.41 bits per heavy atom. The molecule has 0 spiro atoms. The van der Waals surface area contributed by atoms with Crippen molar-refractivity contribution in [1.29, 1.82) is 0 Å². The maximum atomic E-state index is 12.3. The fraction of sp³-hybridized carbons (Fsp3) is 0.278. The Balaban J connectivity index is 2.06. The summed E-state index contributed by atoms with van der Waals surface area (Å²) in [4.78, 5) is 12.4. The number of rotatable bonds is 8. The summed E-state index contributed by atoms with van der Waals surface area (Å²) in [5.41, 5.74) is 1.22. The smallest absolute Gasteiger partial charge is 0.255 e. The summed E-state index contributed by atoms with van der Waals surface area (Å²) in [5.74, 6) is -0.364. The molecule has 9 heteroatoms. The molecule has 0 aliphatic carbocycles. The van der Waals surface area contributed by atoms with E-state index in [1.165, 1.54) is 24.3 Å². The second-order valence-electron chi connectivity index (χ2n) is 5.88. The van der Waals surface area contributed by atoms with Crippen molar-refractivity contribution in [2.24, 2.45) is 0 Å². The topological polar surface area (TPSA) is 109 Å². The molecule has 0 fully saturated rings. The van der Waals surface area contributed by atoms with E-state index in [1.54, 1.807) is 38.1 Å². The van der Waals surface area contributed by atoms with Gasteiger partial charge in [0.15, 0.2) is 9.84 Å². The molecular weight excluding hydrogens is 388 g/mol. The quantitative estimate of drug-likeness (QED) is 0.695. The largest absolute Gasteiger partial charge is 0.322 e. The third kappa shape index (κ3) is 5.80. The van der Waals surface area contributed by atoms with Crippen LogP contribution in [0.4, 0.5) is 11.4 Å². The van der Waals surface area contributed by atoms with E-state index in [0.29, 0.717) is 23.4 Å². The summed E-state index contributed by atoms with van der Waals surface area (Å²) in [5, 5.41) is 2.68. The second-order valence-corrected chi connectivity index (χ2v) is 10.0. The van der Waals surface area contributed by atoms with E-state index in [9.17, 15) is 21.6 Å². The zero-order valence-corrected chi connectivity index (χ0v) is 16.7. The number of sulfonamides is 1. The van der Waals surface area contributed by atoms with Gasteiger partial charge in [-0.25, -0.2) is 16.8 Å². The summed E-state index contributed by atoms with van der Waals surface area (Å²) in [6, 6.07) is 12.0. The van der Waals surface area contributed by atoms with Crippen LogP contribution in [-0.4, -0.2) is 34.2 Å². The van der Waals surface area contributed by atoms with Crippen LogP contribution in [-0.2, 0) is 19.9 Å². The molecule has 0 saturated carbocycles. The van der Waals surface area contributed by atoms with Crippen molar-refractivity contribution >= 4 is 37.1 Å². The number of carbonyl (C=O) groups is 1. The fourth-order valence-corrected chi connectivity index (χ4v) is 4.32. The van der Waals surface area contributed by atoms with Crippen molar-refractivity contribution < 1.29 is 21.6 Å². The van der Waals surface area contributed by atoms with Crippen LogP contribution in [0.25, 0.3) is 0 Å². The lowest BCUT2D eigenvalue weighted by atomic mass is 10.2. The molecule has 2 rings (SSSR count). The van der Waals surface area contributed by atoms with Gasteiger partial charge in [-0.3, -0.25) is 9.52 Å². The van der Waals surface area contributed by atoms with Crippen LogP contribution in [0, 0.1) is 0 Å². The molecule has 7 nitrogen and oxygen atoms in total. The van der Waals surface area contributed by atoms with Crippen LogP contribution >= 0.6 is 0 Å². The predicted molar refractivity (Wildman–Crippen MR) is 106 cm³/mol. The van der Waals surface area contributed by atoms with E-state index in [4.69, 9.17) is 0 Å². The van der Waals surface area contributed by atoms with Gasteiger partial charge in [-0.2, -0.15) is 0 Å². The maximum Gasteiger partial charge on any atom is 0.255 e. The van der Waals surface area contributed by atoms with Gasteiger partial charge in [0.1, 0.15) is 0 Å². The number of carbonyl (C=O) groups excluding carboxylic acids is 1. The Bertz CT molecular complexity index is 997. The Kier molecular flexibility index (Phi) is 6.61. The highest BCUT2D eigenvalue weighted by Gasteiger charge is 2.13. The first-order valence-electron chi connectivity index (χ1n) is 8.41. The number of sulfone groups is 1. The number of amides is 1. The van der Waals surface area contributed by atoms with Crippen molar-refractivity contribution in [1.82, 2.24) is 0 Å². The van der Waals surface area contributed by atoms with Crippen LogP contribution in [0.15, 0.2) is 53.4 Å². The van der Waals surface area contributed by atoms with Gasteiger partial charge in [0, 0.05) is 16.9 Å². The Morgan fingerprint density at radius 1 is 0.852 bits per heavy atom. The molecule has 0 bridgehead atoms. The third-order valence-corrected chi connectivity index (χ3v) is 6.99. The van der Waals surface area contributed by atoms with Crippen molar-refractivity contribution in [2.45, 2.75) is 25.2 Å². The van der Waals surface area contributed by atoms with Crippen molar-refractivity contribution in [3.05, 3.63) is 54.1 Å². The molecule has 1 amide bonds. The zero-order valence-electron chi connectivity index (χ0n) is 15.1. The summed E-state index contributed by atoms with van der Waals surface area (Å²) < 4.78 is 49.5. The molecule has 2 aromatic rings. The minimum atomic E-state index is -3.37. The molecule has 0 unspecified atom stereocenters. The molecule has 0 aliphatic rings. The van der Waals surface area contributed by atoms with E-state index in [2.05, 4.69) is 10.0 Å². The molecule has 2 N–H and O–H groups in total. The second kappa shape index (κ2) is 8.53. The minimum Gasteiger partial charge on any atom is -0.322 e. The summed E-state index contributed by atoms with van der Waals surface area (Å²) in [7, 11) is -6.68. The average molecular weight is 411 g/mol. The first-order chi connectivity index (χ1) is 12.7. The SMILES string of the molecule is CCCS(=O)(=O)Nc1ccc(NC(=O)c2ccc(S(=O)(=O)CC)cc2)cc1. The number of hydrogen-bond donors (Lipinski definition) is 2. The van der Waals surface area contributed by atoms with Gasteiger partial charge in [-0.05, 0) is 55.0 Å². The van der Waals surface area contributed by atoms with Crippen LogP contribution in [0.3, 0.4) is 0 Å². The molecule has 0 aliphatic heterocycles. The molecule has 0 atom stereocenters. The van der Waals surface area contributed by atoms with E-state index in [0.717, 1.165) is 0 Å². The van der Waals surface area contributed by atoms with Gasteiger partial charge in [0.05, 0.1) is 16.4 Å². The lowest BCUT2D eigenvalue weighted by Gasteiger charge is -2.09. The highest BCUT2D eigenvalue weighted by Crippen LogP contribution is 2.17. The molecule has 0 heterocycles. The number of hydrogen-bond acceptors (Lipinski definition) is 5. The molecule has 146 valence electrons. The zero-order chi connectivity index (χ0) is 20.1. The summed E-state index contributed by atoms with van der Waals surface area (Å²) in [6.45, 7) is 3.34. The van der Waals surface area contributed by atoms with Gasteiger partial charge in [-0.15, -0.1) is 0 Å². The molecular formula is C18H22N2O5S2. The van der Waals surface area contributed by atoms with Crippen LogP contribution in [0.1, 0.15) is 30.6 Å². The first-order valence-corrected chi connectivity index (χ1v) is 11.7. The van der Waals surface area contributed by atoms with Gasteiger partial charge in [-0.1, -0.05) is 13.8 Å². The lowest BCUT2D eigenvalue weighted by Crippen LogP contribution is -2.16. The van der Waals surface area contributed by atoms with E-state index >= 15 is 0 Å². The maximum absolute atomic E-state index is 12.3. The lowest BCUT2D eigenvalue weighted by molar-refractivity contribution is 0.102. The predicted octanol–water partition coefficient (Wildman–Crippen LogP) is 2.88. The molecule has 0 aromatic heterocycles. The number of anilines is 2. The van der Waals surface area contributed by atoms with E-state index in [-0.39, 0.29) is 16.4 Å². The molecule has 2 aromatic carbocycles. The van der Waals surface area contributed by atoms with Crippen LogP contribution in [0.2, 0.25) is 0 Å². The van der Waals surface area contributed by atoms with Gasteiger partial charge >= 0.3 is 0 Å². The van der Waals surface area contributed by atoms with Gasteiger partial charge < -0.3 is 5.32 Å². The van der Waals surface area contributed by atoms with Crippen LogP contribution in [0.5, 0.6) is 0 Å². The van der Waals surface area contributed by atoms with E-state index < -0.39 is 25.8 Å². The Labute approximate surface area is 159 Å². The molecule has 0 saturated heterocycles. The first kappa shape index (κ1) is 20.9. The highest BCUT2D eigenvalue weighted by atomic mass is 32.2. The van der Waals surface area contributed by atoms with E-state index in [1.807, 2.05) is 0 Å². The summed E-state index contributed by atoms with van der Waals surface area (Å²) in [6.07, 6.45) is 0.516. The fourth-order valence-electron chi connectivity index (χ4n) is 2.30. The average Bonchev–Trinajstić information content (AvgIpc) is 2.63. The molecule has 27 heavy (non-hydrogen) atoms. The standard InChI is InChI=1S/C18H22N2O5S2/c1-3-13-27(24,25)20-16-9-7-15(8-10-16)19-18(21)14-5-11-17(12-6-14)26(22,23)4-2/h5-12,20H,3-4,13H2,1-2H3,(H,19,21). The van der Waals surface area contributed by atoms with Gasteiger partial charge in [0.25, 0.3) is 5.91 Å². The summed E-state index contributed by atoms with van der Waals surface area (Å²) >= 11 is 0. The Morgan fingerprint density at radius 3 is 1.93 bits per heavy atom. The normalized spacial score (nSPS) is 11.8. The number of benzene rings is 2.